The smallest absolute Gasteiger partial charge is 0.0278 e. The van der Waals surface area contributed by atoms with Crippen molar-refractivity contribution in [2.45, 2.75) is 58.0 Å². The van der Waals surface area contributed by atoms with Crippen LogP contribution in [0, 0.1) is 5.92 Å². The third-order valence-corrected chi connectivity index (χ3v) is 5.34. The summed E-state index contributed by atoms with van der Waals surface area (Å²) in [5.41, 5.74) is 0.294. The summed E-state index contributed by atoms with van der Waals surface area (Å²) in [6.45, 7) is 13.1. The van der Waals surface area contributed by atoms with Crippen molar-refractivity contribution < 1.29 is 0 Å². The van der Waals surface area contributed by atoms with E-state index in [1.807, 2.05) is 0 Å². The van der Waals surface area contributed by atoms with Crippen LogP contribution in [0.2, 0.25) is 0 Å². The third-order valence-electron chi connectivity index (χ3n) is 5.34. The molecule has 2 rings (SSSR count). The maximum atomic E-state index is 3.88. The van der Waals surface area contributed by atoms with E-state index in [0.29, 0.717) is 5.54 Å². The SMILES string of the molecule is CCC1CCCC1NCC(C)(C)N1CCN(C)CC1. The first-order chi connectivity index (χ1) is 9.03. The van der Waals surface area contributed by atoms with Gasteiger partial charge >= 0.3 is 0 Å². The Balaban J connectivity index is 1.80. The zero-order valence-corrected chi connectivity index (χ0v) is 13.4. The summed E-state index contributed by atoms with van der Waals surface area (Å²) >= 11 is 0. The molecule has 112 valence electrons. The van der Waals surface area contributed by atoms with E-state index in [9.17, 15) is 0 Å². The summed E-state index contributed by atoms with van der Waals surface area (Å²) in [6, 6.07) is 0.775. The van der Waals surface area contributed by atoms with Crippen molar-refractivity contribution >= 4 is 0 Å². The number of piperazine rings is 1. The van der Waals surface area contributed by atoms with Crippen LogP contribution < -0.4 is 5.32 Å². The Morgan fingerprint density at radius 1 is 1.11 bits per heavy atom. The maximum Gasteiger partial charge on any atom is 0.0278 e. The summed E-state index contributed by atoms with van der Waals surface area (Å²) in [7, 11) is 2.23. The van der Waals surface area contributed by atoms with E-state index < -0.39 is 0 Å². The third kappa shape index (κ3) is 3.93. The standard InChI is InChI=1S/C16H33N3/c1-5-14-7-6-8-15(14)17-13-16(2,3)19-11-9-18(4)10-12-19/h14-15,17H,5-13H2,1-4H3. The van der Waals surface area contributed by atoms with Gasteiger partial charge in [-0.3, -0.25) is 4.90 Å². The average Bonchev–Trinajstić information content (AvgIpc) is 2.84. The quantitative estimate of drug-likeness (QED) is 0.824. The zero-order valence-electron chi connectivity index (χ0n) is 13.4. The molecule has 0 aromatic heterocycles. The van der Waals surface area contributed by atoms with E-state index in [0.717, 1.165) is 18.5 Å². The highest BCUT2D eigenvalue weighted by molar-refractivity contribution is 4.90. The second kappa shape index (κ2) is 6.55. The molecule has 2 aliphatic rings. The summed E-state index contributed by atoms with van der Waals surface area (Å²) in [5.74, 6) is 0.920. The van der Waals surface area contributed by atoms with E-state index >= 15 is 0 Å². The van der Waals surface area contributed by atoms with E-state index in [4.69, 9.17) is 0 Å². The Morgan fingerprint density at radius 2 is 1.79 bits per heavy atom. The molecular formula is C16H33N3. The molecule has 3 heteroatoms. The van der Waals surface area contributed by atoms with Crippen molar-refractivity contribution in [1.82, 2.24) is 15.1 Å². The van der Waals surface area contributed by atoms with Gasteiger partial charge in [0, 0.05) is 44.3 Å². The topological polar surface area (TPSA) is 18.5 Å². The van der Waals surface area contributed by atoms with Crippen molar-refractivity contribution in [2.75, 3.05) is 39.8 Å². The van der Waals surface area contributed by atoms with Crippen LogP contribution in [-0.2, 0) is 0 Å². The lowest BCUT2D eigenvalue weighted by Gasteiger charge is -2.44. The second-order valence-corrected chi connectivity index (χ2v) is 7.19. The Kier molecular flexibility index (Phi) is 5.27. The van der Waals surface area contributed by atoms with Crippen LogP contribution in [0.3, 0.4) is 0 Å². The normalized spacial score (nSPS) is 30.9. The van der Waals surface area contributed by atoms with Gasteiger partial charge in [0.1, 0.15) is 0 Å². The molecule has 19 heavy (non-hydrogen) atoms. The highest BCUT2D eigenvalue weighted by Crippen LogP contribution is 2.28. The van der Waals surface area contributed by atoms with Crippen LogP contribution in [0.4, 0.5) is 0 Å². The average molecular weight is 267 g/mol. The lowest BCUT2D eigenvalue weighted by Crippen LogP contribution is -2.58. The molecule has 1 aliphatic carbocycles. The molecule has 1 N–H and O–H groups in total. The minimum absolute atomic E-state index is 0.294. The highest BCUT2D eigenvalue weighted by Gasteiger charge is 2.32. The summed E-state index contributed by atoms with van der Waals surface area (Å²) in [6.07, 6.45) is 5.58. The summed E-state index contributed by atoms with van der Waals surface area (Å²) < 4.78 is 0. The first-order valence-electron chi connectivity index (χ1n) is 8.20. The first kappa shape index (κ1) is 15.3. The molecule has 0 aromatic carbocycles. The number of rotatable bonds is 5. The van der Waals surface area contributed by atoms with Crippen LogP contribution in [-0.4, -0.2) is 61.2 Å². The van der Waals surface area contributed by atoms with Gasteiger partial charge in [0.05, 0.1) is 0 Å². The molecule has 2 unspecified atom stereocenters. The van der Waals surface area contributed by atoms with Gasteiger partial charge in [0.25, 0.3) is 0 Å². The number of nitrogens with zero attached hydrogens (tertiary/aromatic N) is 2. The largest absolute Gasteiger partial charge is 0.312 e. The fourth-order valence-electron chi connectivity index (χ4n) is 3.70. The monoisotopic (exact) mass is 267 g/mol. The molecule has 1 saturated carbocycles. The van der Waals surface area contributed by atoms with Crippen LogP contribution in [0.5, 0.6) is 0 Å². The van der Waals surface area contributed by atoms with Gasteiger partial charge in [-0.25, -0.2) is 0 Å². The minimum atomic E-state index is 0.294. The molecule has 2 fully saturated rings. The molecule has 2 atom stereocenters. The molecule has 0 amide bonds. The highest BCUT2D eigenvalue weighted by atomic mass is 15.3. The van der Waals surface area contributed by atoms with Gasteiger partial charge < -0.3 is 10.2 Å². The summed E-state index contributed by atoms with van der Waals surface area (Å²) in [5, 5.41) is 3.88. The van der Waals surface area contributed by atoms with Crippen molar-refractivity contribution in [1.29, 1.82) is 0 Å². The van der Waals surface area contributed by atoms with E-state index in [1.54, 1.807) is 0 Å². The molecule has 0 spiro atoms. The van der Waals surface area contributed by atoms with Crippen LogP contribution in [0.1, 0.15) is 46.5 Å². The van der Waals surface area contributed by atoms with Gasteiger partial charge in [0.15, 0.2) is 0 Å². The van der Waals surface area contributed by atoms with Gasteiger partial charge in [-0.2, -0.15) is 0 Å². The molecular weight excluding hydrogens is 234 g/mol. The van der Waals surface area contributed by atoms with Gasteiger partial charge in [-0.05, 0) is 39.7 Å². The number of likely N-dealkylation sites (N-methyl/N-ethyl adjacent to an activating group) is 1. The lowest BCUT2D eigenvalue weighted by molar-refractivity contribution is 0.0591. The second-order valence-electron chi connectivity index (χ2n) is 7.19. The van der Waals surface area contributed by atoms with Gasteiger partial charge in [0.2, 0.25) is 0 Å². The van der Waals surface area contributed by atoms with Crippen molar-refractivity contribution in [2.24, 2.45) is 5.92 Å². The van der Waals surface area contributed by atoms with E-state index in [2.05, 4.69) is 42.9 Å². The predicted octanol–water partition coefficient (Wildman–Crippen LogP) is 2.18. The Bertz CT molecular complexity index is 269. The van der Waals surface area contributed by atoms with Gasteiger partial charge in [-0.15, -0.1) is 0 Å². The zero-order chi connectivity index (χ0) is 13.9. The molecule has 0 aromatic rings. The van der Waals surface area contributed by atoms with Crippen molar-refractivity contribution in [3.63, 3.8) is 0 Å². The lowest BCUT2D eigenvalue weighted by atomic mass is 9.97. The van der Waals surface area contributed by atoms with Crippen LogP contribution in [0.15, 0.2) is 0 Å². The maximum absolute atomic E-state index is 3.88. The molecule has 1 aliphatic heterocycles. The van der Waals surface area contributed by atoms with E-state index in [1.165, 1.54) is 51.9 Å². The number of hydrogen-bond acceptors (Lipinski definition) is 3. The Labute approximate surface area is 119 Å². The Morgan fingerprint density at radius 3 is 2.42 bits per heavy atom. The minimum Gasteiger partial charge on any atom is -0.312 e. The van der Waals surface area contributed by atoms with Crippen molar-refractivity contribution in [3.05, 3.63) is 0 Å². The number of nitrogens with one attached hydrogen (secondary N) is 1. The molecule has 0 radical (unpaired) electrons. The Hall–Kier alpha value is -0.120. The van der Waals surface area contributed by atoms with Gasteiger partial charge in [-0.1, -0.05) is 19.8 Å². The predicted molar refractivity (Wildman–Crippen MR) is 82.6 cm³/mol. The molecule has 3 nitrogen and oxygen atoms in total. The molecule has 1 saturated heterocycles. The molecule has 1 heterocycles. The van der Waals surface area contributed by atoms with Crippen LogP contribution in [0.25, 0.3) is 0 Å². The fourth-order valence-corrected chi connectivity index (χ4v) is 3.70. The van der Waals surface area contributed by atoms with E-state index in [-0.39, 0.29) is 0 Å². The summed E-state index contributed by atoms with van der Waals surface area (Å²) in [4.78, 5) is 5.10. The van der Waals surface area contributed by atoms with Crippen LogP contribution >= 0.6 is 0 Å². The van der Waals surface area contributed by atoms with Crippen molar-refractivity contribution in [3.8, 4) is 0 Å². The fraction of sp³-hybridized carbons (Fsp3) is 1.00. The first-order valence-corrected chi connectivity index (χ1v) is 8.20. The molecule has 0 bridgehead atoms. The number of hydrogen-bond donors (Lipinski definition) is 1.